The number of aliphatic hydroxyl groups is 1. The van der Waals surface area contributed by atoms with Crippen molar-refractivity contribution in [3.63, 3.8) is 0 Å². The van der Waals surface area contributed by atoms with E-state index in [1.807, 2.05) is 0 Å². The number of carbonyl (C=O) groups is 1. The lowest BCUT2D eigenvalue weighted by Gasteiger charge is -2.17. The number of ether oxygens (including phenoxy) is 1. The highest BCUT2D eigenvalue weighted by Crippen LogP contribution is 2.19. The third kappa shape index (κ3) is 19.5. The van der Waals surface area contributed by atoms with Gasteiger partial charge in [0.2, 0.25) is 12.3 Å². The number of carbonyl (C=O) groups excluding carboxylic acids is 1. The van der Waals surface area contributed by atoms with Gasteiger partial charge in [0.1, 0.15) is 11.5 Å². The fraction of sp³-hybridized carbons (Fsp3) is 0.567. The van der Waals surface area contributed by atoms with E-state index in [4.69, 9.17) is 18.2 Å². The lowest BCUT2D eigenvalue weighted by Crippen LogP contribution is -2.24. The SMILES string of the molecule is CC(C)C.CCCCCC(CC)Oc1ccc(C)cc1.COSOc1cccc(C(=O)NCCCO)c1. The molecule has 1 amide bonds. The number of unbranched alkanes of at least 4 members (excludes halogenated alkanes) is 2. The Hall–Kier alpha value is -2.22. The summed E-state index contributed by atoms with van der Waals surface area (Å²) in [7, 11) is 1.50. The molecule has 1 atom stereocenters. The van der Waals surface area contributed by atoms with Gasteiger partial charge in [0.25, 0.3) is 5.91 Å². The molecule has 1 unspecified atom stereocenters. The van der Waals surface area contributed by atoms with Crippen LogP contribution in [-0.4, -0.2) is 37.4 Å². The van der Waals surface area contributed by atoms with Gasteiger partial charge in [-0.2, -0.15) is 0 Å². The highest BCUT2D eigenvalue weighted by atomic mass is 32.2. The molecule has 210 valence electrons. The van der Waals surface area contributed by atoms with Gasteiger partial charge in [0.05, 0.1) is 13.2 Å². The average Bonchev–Trinajstić information content (AvgIpc) is 2.88. The highest BCUT2D eigenvalue weighted by Gasteiger charge is 2.08. The largest absolute Gasteiger partial charge is 0.490 e. The first-order valence-corrected chi connectivity index (χ1v) is 14.0. The molecule has 0 saturated carbocycles. The van der Waals surface area contributed by atoms with Gasteiger partial charge in [-0.1, -0.05) is 71.2 Å². The molecule has 37 heavy (non-hydrogen) atoms. The lowest BCUT2D eigenvalue weighted by atomic mass is 10.1. The third-order valence-corrected chi connectivity index (χ3v) is 5.22. The van der Waals surface area contributed by atoms with Gasteiger partial charge in [0.15, 0.2) is 0 Å². The fourth-order valence-electron chi connectivity index (χ4n) is 2.92. The van der Waals surface area contributed by atoms with Gasteiger partial charge in [-0.15, -0.1) is 0 Å². The van der Waals surface area contributed by atoms with Gasteiger partial charge < -0.3 is 19.3 Å². The minimum Gasteiger partial charge on any atom is -0.490 e. The zero-order valence-corrected chi connectivity index (χ0v) is 24.7. The van der Waals surface area contributed by atoms with Crippen LogP contribution in [0.15, 0.2) is 48.5 Å². The molecule has 2 rings (SSSR count). The predicted octanol–water partition coefficient (Wildman–Crippen LogP) is 7.78. The van der Waals surface area contributed by atoms with Gasteiger partial charge in [-0.05, 0) is 68.9 Å². The summed E-state index contributed by atoms with van der Waals surface area (Å²) in [4.78, 5) is 11.7. The molecular weight excluding hydrogens is 486 g/mol. The number of rotatable bonds is 14. The summed E-state index contributed by atoms with van der Waals surface area (Å²) in [6.45, 7) is 13.6. The van der Waals surface area contributed by atoms with Crippen LogP contribution in [0.2, 0.25) is 0 Å². The minimum atomic E-state index is -0.189. The lowest BCUT2D eigenvalue weighted by molar-refractivity contribution is 0.0951. The van der Waals surface area contributed by atoms with E-state index < -0.39 is 0 Å². The van der Waals surface area contributed by atoms with Crippen LogP contribution in [0.1, 0.15) is 89.1 Å². The van der Waals surface area contributed by atoms with Gasteiger partial charge in [0, 0.05) is 18.7 Å². The molecule has 0 spiro atoms. The van der Waals surface area contributed by atoms with Crippen LogP contribution in [0.5, 0.6) is 11.5 Å². The Morgan fingerprint density at radius 2 is 1.68 bits per heavy atom. The number of aryl methyl sites for hydroxylation is 1. The van der Waals surface area contributed by atoms with E-state index in [0.29, 0.717) is 30.4 Å². The van der Waals surface area contributed by atoms with E-state index in [2.05, 4.69) is 71.1 Å². The van der Waals surface area contributed by atoms with Crippen LogP contribution in [0.25, 0.3) is 0 Å². The van der Waals surface area contributed by atoms with Crippen molar-refractivity contribution in [2.45, 2.75) is 86.2 Å². The maximum atomic E-state index is 11.7. The van der Waals surface area contributed by atoms with Crippen LogP contribution >= 0.6 is 12.3 Å². The molecule has 2 aromatic carbocycles. The number of hydrogen-bond donors (Lipinski definition) is 2. The van der Waals surface area contributed by atoms with Gasteiger partial charge in [-0.25, -0.2) is 0 Å². The number of aliphatic hydroxyl groups excluding tert-OH is 1. The molecule has 0 radical (unpaired) electrons. The minimum absolute atomic E-state index is 0.0634. The van der Waals surface area contributed by atoms with Crippen molar-refractivity contribution < 1.29 is 23.0 Å². The summed E-state index contributed by atoms with van der Waals surface area (Å²) in [6, 6.07) is 15.1. The standard InChI is InChI=1S/C15H24O.C11H15NO4S.C4H10/c1-4-6-7-8-14(5-2)16-15-11-9-13(3)10-12-15;1-15-17-16-10-5-2-4-9(8-10)11(14)12-6-3-7-13;1-4(2)3/h9-12,14H,4-8H2,1-3H3;2,4-5,8,13H,3,6-7H2,1H3,(H,12,14);4H,1-3H3. The Balaban J connectivity index is 0.000000613. The molecule has 0 fully saturated rings. The molecule has 0 bridgehead atoms. The summed E-state index contributed by atoms with van der Waals surface area (Å²) >= 11 is 0.838. The summed E-state index contributed by atoms with van der Waals surface area (Å²) in [5, 5.41) is 11.3. The highest BCUT2D eigenvalue weighted by molar-refractivity contribution is 7.90. The van der Waals surface area contributed by atoms with Crippen LogP contribution in [-0.2, 0) is 4.18 Å². The number of amides is 1. The third-order valence-electron chi connectivity index (χ3n) is 4.82. The molecular formula is C30H49NO5S. The number of benzene rings is 2. The quantitative estimate of drug-likeness (QED) is 0.190. The van der Waals surface area contributed by atoms with Crippen molar-refractivity contribution in [2.24, 2.45) is 5.92 Å². The van der Waals surface area contributed by atoms with Gasteiger partial charge in [-0.3, -0.25) is 8.98 Å². The van der Waals surface area contributed by atoms with Crippen molar-refractivity contribution in [1.29, 1.82) is 0 Å². The predicted molar refractivity (Wildman–Crippen MR) is 156 cm³/mol. The topological polar surface area (TPSA) is 77.0 Å². The van der Waals surface area contributed by atoms with E-state index >= 15 is 0 Å². The second kappa shape index (κ2) is 22.9. The van der Waals surface area contributed by atoms with E-state index in [-0.39, 0.29) is 12.5 Å². The molecule has 0 aliphatic heterocycles. The van der Waals surface area contributed by atoms with E-state index in [1.165, 1.54) is 38.4 Å². The summed E-state index contributed by atoms with van der Waals surface area (Å²) in [5.41, 5.74) is 1.79. The Labute approximate surface area is 229 Å². The Kier molecular flexibility index (Phi) is 21.6. The van der Waals surface area contributed by atoms with Gasteiger partial charge >= 0.3 is 0 Å². The van der Waals surface area contributed by atoms with Crippen molar-refractivity contribution in [2.75, 3.05) is 20.3 Å². The zero-order chi connectivity index (χ0) is 27.9. The first kappa shape index (κ1) is 34.8. The van der Waals surface area contributed by atoms with Crippen LogP contribution in [0, 0.1) is 12.8 Å². The molecule has 6 nitrogen and oxygen atoms in total. The van der Waals surface area contributed by atoms with Crippen molar-refractivity contribution in [3.8, 4) is 11.5 Å². The Morgan fingerprint density at radius 1 is 1.00 bits per heavy atom. The molecule has 0 aromatic heterocycles. The smallest absolute Gasteiger partial charge is 0.251 e. The summed E-state index contributed by atoms with van der Waals surface area (Å²) < 4.78 is 15.8. The maximum Gasteiger partial charge on any atom is 0.251 e. The first-order chi connectivity index (χ1) is 17.8. The molecule has 7 heteroatoms. The maximum absolute atomic E-state index is 11.7. The normalized spacial score (nSPS) is 10.9. The molecule has 2 aromatic rings. The van der Waals surface area contributed by atoms with Crippen LogP contribution in [0.3, 0.4) is 0 Å². The van der Waals surface area contributed by atoms with E-state index in [1.54, 1.807) is 24.3 Å². The fourth-order valence-corrected chi connectivity index (χ4v) is 3.17. The van der Waals surface area contributed by atoms with Crippen LogP contribution < -0.4 is 14.2 Å². The molecule has 0 aliphatic rings. The molecule has 0 aliphatic carbocycles. The Bertz CT molecular complexity index is 811. The second-order valence-electron chi connectivity index (χ2n) is 9.37. The summed E-state index contributed by atoms with van der Waals surface area (Å²) in [5.74, 6) is 2.20. The monoisotopic (exact) mass is 535 g/mol. The first-order valence-electron chi connectivity index (χ1n) is 13.4. The van der Waals surface area contributed by atoms with Crippen LogP contribution in [0.4, 0.5) is 0 Å². The molecule has 2 N–H and O–H groups in total. The number of nitrogens with one attached hydrogen (secondary N) is 1. The van der Waals surface area contributed by atoms with Crippen molar-refractivity contribution in [3.05, 3.63) is 59.7 Å². The number of hydrogen-bond acceptors (Lipinski definition) is 6. The average molecular weight is 536 g/mol. The summed E-state index contributed by atoms with van der Waals surface area (Å²) in [6.07, 6.45) is 7.07. The Morgan fingerprint density at radius 3 is 2.24 bits per heavy atom. The zero-order valence-electron chi connectivity index (χ0n) is 23.9. The van der Waals surface area contributed by atoms with Crippen molar-refractivity contribution >= 4 is 18.2 Å². The molecule has 0 saturated heterocycles. The van der Waals surface area contributed by atoms with Crippen molar-refractivity contribution in [1.82, 2.24) is 5.32 Å². The van der Waals surface area contributed by atoms with E-state index in [0.717, 1.165) is 30.4 Å². The van der Waals surface area contributed by atoms with E-state index in [9.17, 15) is 4.79 Å². The second-order valence-corrected chi connectivity index (χ2v) is 10.0. The molecule has 0 heterocycles.